The first-order chi connectivity index (χ1) is 14.1. The van der Waals surface area contributed by atoms with Gasteiger partial charge >= 0.3 is 5.82 Å². The van der Waals surface area contributed by atoms with Gasteiger partial charge in [-0.05, 0) is 30.3 Å². The van der Waals surface area contributed by atoms with Crippen LogP contribution in [0.5, 0.6) is 0 Å². The van der Waals surface area contributed by atoms with E-state index in [4.69, 9.17) is 4.11 Å². The molecule has 0 fully saturated rings. The van der Waals surface area contributed by atoms with Gasteiger partial charge in [0.2, 0.25) is 5.52 Å². The molecule has 124 valence electrons. The summed E-state index contributed by atoms with van der Waals surface area (Å²) >= 11 is 0. The van der Waals surface area contributed by atoms with Gasteiger partial charge in [0, 0.05) is 29.0 Å². The summed E-state index contributed by atoms with van der Waals surface area (Å²) in [6, 6.07) is 17.6. The first kappa shape index (κ1) is 11.2. The minimum atomic E-state index is -2.37. The smallest absolute Gasteiger partial charge is 0.292 e. The van der Waals surface area contributed by atoms with E-state index in [0.29, 0.717) is 17.8 Å². The van der Waals surface area contributed by atoms with Crippen molar-refractivity contribution in [3.8, 4) is 17.2 Å². The predicted octanol–water partition coefficient (Wildman–Crippen LogP) is 3.23. The van der Waals surface area contributed by atoms with Crippen LogP contribution in [-0.2, 0) is 13.5 Å². The molecule has 0 aliphatic carbocycles. The molecule has 0 atom stereocenters. The Morgan fingerprint density at radius 2 is 1.85 bits per heavy atom. The number of aryl methyl sites for hydroxylation is 1. The molecule has 0 N–H and O–H groups in total. The fourth-order valence-corrected chi connectivity index (χ4v) is 4.03. The molecular weight excluding hydrogens is 322 g/mol. The number of rotatable bonds is 1. The normalized spacial score (nSPS) is 14.8. The zero-order chi connectivity index (χ0) is 19.8. The van der Waals surface area contributed by atoms with Gasteiger partial charge in [0.05, 0.1) is 5.39 Å². The molecule has 26 heavy (non-hydrogen) atoms. The average Bonchev–Trinajstić information content (AvgIpc) is 3.34. The summed E-state index contributed by atoms with van der Waals surface area (Å²) in [5, 5.41) is 0.822. The first-order valence-electron chi connectivity index (χ1n) is 9.99. The molecule has 0 spiro atoms. The van der Waals surface area contributed by atoms with E-state index in [1.54, 1.807) is 12.4 Å². The lowest BCUT2D eigenvalue weighted by Gasteiger charge is -2.03. The third kappa shape index (κ3) is 1.57. The fraction of sp³-hybridized carbons (Fsp3) is 0.0952. The maximum Gasteiger partial charge on any atom is 0.315 e. The molecule has 0 radical (unpaired) electrons. The van der Waals surface area contributed by atoms with Crippen LogP contribution >= 0.6 is 0 Å². The third-order valence-corrected chi connectivity index (χ3v) is 5.07. The lowest BCUT2D eigenvalue weighted by atomic mass is 10.2. The van der Waals surface area contributed by atoms with E-state index in [1.165, 1.54) is 4.57 Å². The standard InChI is InChI=1S/C21H16N5/c1-24-19-16(10-6-12-23-19)18-21(24)26(15-8-3-2-4-9-15)20-17-14(13-25(18)20)7-5-11-22-17/h2-12H,13H2,1H3/q+1/i1D3. The van der Waals surface area contributed by atoms with Gasteiger partial charge in [-0.25, -0.2) is 14.5 Å². The van der Waals surface area contributed by atoms with Crippen LogP contribution in [0.2, 0.25) is 0 Å². The number of nitrogens with zero attached hydrogens (tertiary/aromatic N) is 5. The summed E-state index contributed by atoms with van der Waals surface area (Å²) < 4.78 is 30.2. The van der Waals surface area contributed by atoms with E-state index in [2.05, 4.69) is 20.6 Å². The number of hydrogen-bond donors (Lipinski definition) is 0. The van der Waals surface area contributed by atoms with Crippen molar-refractivity contribution in [2.75, 3.05) is 0 Å². The van der Waals surface area contributed by atoms with Crippen LogP contribution in [0.25, 0.3) is 39.4 Å². The summed E-state index contributed by atoms with van der Waals surface area (Å²) in [6.45, 7) is -1.73. The summed E-state index contributed by atoms with van der Waals surface area (Å²) in [5.41, 5.74) is 4.81. The maximum atomic E-state index is 8.23. The molecule has 0 saturated carbocycles. The second kappa shape index (κ2) is 4.79. The second-order valence-electron chi connectivity index (χ2n) is 6.47. The lowest BCUT2D eigenvalue weighted by molar-refractivity contribution is -0.645. The van der Waals surface area contributed by atoms with Crippen molar-refractivity contribution in [2.45, 2.75) is 6.54 Å². The van der Waals surface area contributed by atoms with Crippen LogP contribution in [0.3, 0.4) is 0 Å². The van der Waals surface area contributed by atoms with Crippen molar-refractivity contribution in [3.63, 3.8) is 0 Å². The Balaban J connectivity index is 1.89. The van der Waals surface area contributed by atoms with Crippen LogP contribution in [0.15, 0.2) is 67.0 Å². The summed E-state index contributed by atoms with van der Waals surface area (Å²) in [7, 11) is 0. The van der Waals surface area contributed by atoms with Crippen molar-refractivity contribution in [1.29, 1.82) is 0 Å². The largest absolute Gasteiger partial charge is 0.315 e. The van der Waals surface area contributed by atoms with Gasteiger partial charge in [0.1, 0.15) is 17.9 Å². The molecule has 1 aromatic carbocycles. The highest BCUT2D eigenvalue weighted by atomic mass is 15.3. The number of imidazole rings is 1. The van der Waals surface area contributed by atoms with Gasteiger partial charge in [-0.15, -0.1) is 0 Å². The highest BCUT2D eigenvalue weighted by Gasteiger charge is 2.39. The molecule has 5 heterocycles. The molecule has 6 rings (SSSR count). The molecule has 5 aromatic rings. The zero-order valence-electron chi connectivity index (χ0n) is 16.8. The van der Waals surface area contributed by atoms with E-state index < -0.39 is 6.98 Å². The summed E-state index contributed by atoms with van der Waals surface area (Å²) in [6.07, 6.45) is 3.41. The van der Waals surface area contributed by atoms with E-state index in [9.17, 15) is 0 Å². The summed E-state index contributed by atoms with van der Waals surface area (Å²) in [5.74, 6) is 0.889. The van der Waals surface area contributed by atoms with Gasteiger partial charge in [-0.3, -0.25) is 4.57 Å². The van der Waals surface area contributed by atoms with E-state index in [0.717, 1.165) is 33.7 Å². The van der Waals surface area contributed by atoms with Gasteiger partial charge in [0.25, 0.3) is 5.65 Å². The third-order valence-electron chi connectivity index (χ3n) is 5.07. The molecule has 1 aliphatic heterocycles. The van der Waals surface area contributed by atoms with Crippen LogP contribution in [0, 0.1) is 0 Å². The number of pyridine rings is 2. The number of aromatic nitrogens is 5. The molecule has 0 bridgehead atoms. The predicted molar refractivity (Wildman–Crippen MR) is 100 cm³/mol. The van der Waals surface area contributed by atoms with E-state index in [1.807, 2.05) is 53.1 Å². The van der Waals surface area contributed by atoms with E-state index in [-0.39, 0.29) is 0 Å². The van der Waals surface area contributed by atoms with Gasteiger partial charge in [-0.1, -0.05) is 24.3 Å². The number of para-hydroxylation sites is 1. The number of benzene rings is 1. The molecule has 4 aromatic heterocycles. The van der Waals surface area contributed by atoms with Crippen molar-refractivity contribution in [3.05, 3.63) is 72.6 Å². The number of hydrogen-bond acceptors (Lipinski definition) is 2. The Hall–Kier alpha value is -3.47. The minimum Gasteiger partial charge on any atom is -0.292 e. The average molecular weight is 341 g/mol. The maximum absolute atomic E-state index is 8.23. The van der Waals surface area contributed by atoms with E-state index >= 15 is 0 Å². The molecule has 1 aliphatic rings. The lowest BCUT2D eigenvalue weighted by Crippen LogP contribution is -2.31. The summed E-state index contributed by atoms with van der Waals surface area (Å²) in [4.78, 5) is 9.05. The molecular formula is C21H16N5+. The SMILES string of the molecule is [2H]C([2H])([2H])n1c2ncccc2c2c1n(-c1ccccc1)c1[n+]2Cc2cccnc2-1. The fourth-order valence-electron chi connectivity index (χ4n) is 4.03. The number of fused-ring (bicyclic) bond motifs is 7. The van der Waals surface area contributed by atoms with Crippen molar-refractivity contribution in [1.82, 2.24) is 19.1 Å². The van der Waals surface area contributed by atoms with Gasteiger partial charge < -0.3 is 0 Å². The highest BCUT2D eigenvalue weighted by Crippen LogP contribution is 2.35. The van der Waals surface area contributed by atoms with Crippen molar-refractivity contribution < 1.29 is 8.68 Å². The minimum absolute atomic E-state index is 0.460. The molecule has 5 nitrogen and oxygen atoms in total. The monoisotopic (exact) mass is 341 g/mol. The Morgan fingerprint density at radius 1 is 1.00 bits per heavy atom. The Bertz CT molecular complexity index is 1410. The molecule has 0 saturated heterocycles. The van der Waals surface area contributed by atoms with Crippen LogP contribution < -0.4 is 4.57 Å². The quantitative estimate of drug-likeness (QED) is 0.431. The van der Waals surface area contributed by atoms with Crippen LogP contribution in [0.1, 0.15) is 9.68 Å². The Kier molecular flexibility index (Phi) is 2.06. The van der Waals surface area contributed by atoms with Gasteiger partial charge in [0.15, 0.2) is 5.69 Å². The van der Waals surface area contributed by atoms with Gasteiger partial charge in [-0.2, -0.15) is 4.57 Å². The topological polar surface area (TPSA) is 39.5 Å². The Morgan fingerprint density at radius 3 is 2.73 bits per heavy atom. The Labute approximate surface area is 154 Å². The van der Waals surface area contributed by atoms with Crippen molar-refractivity contribution in [2.24, 2.45) is 6.98 Å². The molecule has 0 amide bonds. The zero-order valence-corrected chi connectivity index (χ0v) is 13.8. The van der Waals surface area contributed by atoms with Crippen molar-refractivity contribution >= 4 is 22.2 Å². The first-order valence-corrected chi connectivity index (χ1v) is 8.49. The molecule has 0 unspecified atom stereocenters. The molecule has 5 heteroatoms. The van der Waals surface area contributed by atoms with Crippen LogP contribution in [0.4, 0.5) is 0 Å². The second-order valence-corrected chi connectivity index (χ2v) is 6.47. The van der Waals surface area contributed by atoms with Crippen LogP contribution in [-0.4, -0.2) is 19.1 Å². The highest BCUT2D eigenvalue weighted by molar-refractivity contribution is 6.02.